The van der Waals surface area contributed by atoms with Crippen LogP contribution in [0.5, 0.6) is 0 Å². The van der Waals surface area contributed by atoms with E-state index in [4.69, 9.17) is 0 Å². The number of amides is 2. The number of para-hydroxylation sites is 1. The summed E-state index contributed by atoms with van der Waals surface area (Å²) in [6.45, 7) is 7.99. The summed E-state index contributed by atoms with van der Waals surface area (Å²) in [6.07, 6.45) is 3.20. The summed E-state index contributed by atoms with van der Waals surface area (Å²) in [4.78, 5) is 20.0. The number of benzene rings is 2. The molecular weight excluding hydrogens is 452 g/mol. The van der Waals surface area contributed by atoms with Gasteiger partial charge in [-0.05, 0) is 54.8 Å². The van der Waals surface area contributed by atoms with E-state index in [2.05, 4.69) is 64.3 Å². The van der Waals surface area contributed by atoms with E-state index < -0.39 is 0 Å². The molecule has 0 aliphatic carbocycles. The lowest BCUT2D eigenvalue weighted by atomic mass is 10.00. The van der Waals surface area contributed by atoms with Crippen molar-refractivity contribution in [3.8, 4) is 5.00 Å². The van der Waals surface area contributed by atoms with Crippen LogP contribution in [-0.4, -0.2) is 33.5 Å². The summed E-state index contributed by atoms with van der Waals surface area (Å²) in [7, 11) is 0. The van der Waals surface area contributed by atoms with Gasteiger partial charge in [0.15, 0.2) is 0 Å². The van der Waals surface area contributed by atoms with Crippen molar-refractivity contribution in [2.24, 2.45) is 0 Å². The van der Waals surface area contributed by atoms with Crippen LogP contribution in [0.25, 0.3) is 5.00 Å². The first-order valence-electron chi connectivity index (χ1n) is 12.4. The van der Waals surface area contributed by atoms with Gasteiger partial charge in [-0.3, -0.25) is 4.90 Å². The highest BCUT2D eigenvalue weighted by Gasteiger charge is 2.36. The number of aromatic nitrogens is 1. The zero-order chi connectivity index (χ0) is 23.9. The lowest BCUT2D eigenvalue weighted by Crippen LogP contribution is -2.38. The van der Waals surface area contributed by atoms with Gasteiger partial charge < -0.3 is 14.8 Å². The molecule has 4 heterocycles. The van der Waals surface area contributed by atoms with Gasteiger partial charge in [0.25, 0.3) is 0 Å². The third-order valence-electron chi connectivity index (χ3n) is 7.35. The molecule has 5 nitrogen and oxygen atoms in total. The molecule has 2 amide bonds. The Bertz CT molecular complexity index is 1370. The van der Waals surface area contributed by atoms with Crippen molar-refractivity contribution in [1.29, 1.82) is 0 Å². The van der Waals surface area contributed by atoms with E-state index in [0.717, 1.165) is 48.6 Å². The Labute approximate surface area is 210 Å². The van der Waals surface area contributed by atoms with Crippen LogP contribution in [0.1, 0.15) is 45.8 Å². The van der Waals surface area contributed by atoms with Crippen LogP contribution in [0, 0.1) is 6.92 Å². The molecule has 0 unspecified atom stereocenters. The van der Waals surface area contributed by atoms with E-state index in [-0.39, 0.29) is 12.1 Å². The number of aryl methyl sites for hydroxylation is 1. The lowest BCUT2D eigenvalue weighted by Gasteiger charge is -2.32. The highest BCUT2D eigenvalue weighted by molar-refractivity contribution is 7.15. The van der Waals surface area contributed by atoms with E-state index in [0.29, 0.717) is 6.54 Å². The second-order valence-corrected chi connectivity index (χ2v) is 10.5. The van der Waals surface area contributed by atoms with E-state index >= 15 is 0 Å². The molecular formula is C29H30N4OS. The number of carbonyl (C=O) groups is 1. The van der Waals surface area contributed by atoms with Gasteiger partial charge in [-0.15, -0.1) is 11.3 Å². The van der Waals surface area contributed by atoms with E-state index in [1.165, 1.54) is 21.0 Å². The van der Waals surface area contributed by atoms with Crippen molar-refractivity contribution in [3.05, 3.63) is 106 Å². The smallest absolute Gasteiger partial charge is 0.310 e. The first-order chi connectivity index (χ1) is 17.1. The zero-order valence-corrected chi connectivity index (χ0v) is 21.0. The molecule has 2 aromatic carbocycles. The van der Waals surface area contributed by atoms with Crippen LogP contribution in [0.2, 0.25) is 0 Å². The van der Waals surface area contributed by atoms with Crippen molar-refractivity contribution in [2.45, 2.75) is 39.4 Å². The van der Waals surface area contributed by atoms with Gasteiger partial charge >= 0.3 is 6.03 Å². The minimum Gasteiger partial charge on any atom is -0.310 e. The van der Waals surface area contributed by atoms with Gasteiger partial charge in [-0.2, -0.15) is 0 Å². The summed E-state index contributed by atoms with van der Waals surface area (Å²) < 4.78 is 2.33. The number of nitrogens with one attached hydrogen (secondary N) is 1. The van der Waals surface area contributed by atoms with Crippen LogP contribution >= 0.6 is 11.3 Å². The molecule has 0 saturated heterocycles. The highest BCUT2D eigenvalue weighted by Crippen LogP contribution is 2.43. The average molecular weight is 483 g/mol. The van der Waals surface area contributed by atoms with Crippen LogP contribution in [0.4, 0.5) is 10.5 Å². The molecule has 35 heavy (non-hydrogen) atoms. The maximum atomic E-state index is 14.0. The van der Waals surface area contributed by atoms with Gasteiger partial charge in [0.1, 0.15) is 5.00 Å². The summed E-state index contributed by atoms with van der Waals surface area (Å²) in [5, 5.41) is 4.49. The summed E-state index contributed by atoms with van der Waals surface area (Å²) in [6, 6.07) is 22.4. The maximum absolute atomic E-state index is 14.0. The average Bonchev–Trinajstić information content (AvgIpc) is 3.47. The largest absolute Gasteiger partial charge is 0.322 e. The Morgan fingerprint density at radius 1 is 1.00 bits per heavy atom. The van der Waals surface area contributed by atoms with Gasteiger partial charge in [0.2, 0.25) is 0 Å². The molecule has 0 fully saturated rings. The number of thiophene rings is 1. The van der Waals surface area contributed by atoms with Crippen LogP contribution in [0.15, 0.2) is 72.9 Å². The number of hydrogen-bond acceptors (Lipinski definition) is 3. The Kier molecular flexibility index (Phi) is 5.71. The number of likely N-dealkylation sites (N-methyl/N-ethyl adjacent to an activating group) is 1. The van der Waals surface area contributed by atoms with Gasteiger partial charge in [0.05, 0.1) is 18.3 Å². The SMILES string of the molecule is CCN1CCc2c(sc3c2CN(C(=O)Nc2ccccc2C)[C@@H](c2ccccc2)c2cccn2-3)C1. The van der Waals surface area contributed by atoms with Crippen molar-refractivity contribution >= 4 is 23.1 Å². The Morgan fingerprint density at radius 2 is 1.80 bits per heavy atom. The molecule has 2 aliphatic rings. The standard InChI is InChI=1S/C29H30N4OS/c1-3-31-17-15-22-23-18-33(29(34)30-24-13-8-7-10-20(24)2)27(21-11-5-4-6-12-21)25-14-9-16-32(25)28(23)35-26(22)19-31/h4-14,16,27H,3,15,17-19H2,1-2H3,(H,30,34)/t27-/m0/s1. The third kappa shape index (κ3) is 3.87. The fraction of sp³-hybridized carbons (Fsp3) is 0.276. The quantitative estimate of drug-likeness (QED) is 0.369. The van der Waals surface area contributed by atoms with E-state index in [9.17, 15) is 4.79 Å². The van der Waals surface area contributed by atoms with E-state index in [1.807, 2.05) is 53.5 Å². The number of nitrogens with zero attached hydrogens (tertiary/aromatic N) is 3. The monoisotopic (exact) mass is 482 g/mol. The fourth-order valence-electron chi connectivity index (χ4n) is 5.43. The molecule has 0 saturated carbocycles. The predicted molar refractivity (Wildman–Crippen MR) is 142 cm³/mol. The third-order valence-corrected chi connectivity index (χ3v) is 8.61. The highest BCUT2D eigenvalue weighted by atomic mass is 32.1. The Balaban J connectivity index is 1.49. The molecule has 2 aliphatic heterocycles. The topological polar surface area (TPSA) is 40.5 Å². The van der Waals surface area contributed by atoms with Crippen molar-refractivity contribution in [2.75, 3.05) is 18.4 Å². The molecule has 1 N–H and O–H groups in total. The second kappa shape index (κ2) is 9.02. The summed E-state index contributed by atoms with van der Waals surface area (Å²) in [5.74, 6) is 0. The molecule has 6 heteroatoms. The number of hydrogen-bond donors (Lipinski definition) is 1. The first-order valence-corrected chi connectivity index (χ1v) is 13.2. The minimum absolute atomic E-state index is 0.0697. The molecule has 178 valence electrons. The lowest BCUT2D eigenvalue weighted by molar-refractivity contribution is 0.194. The van der Waals surface area contributed by atoms with Crippen LogP contribution in [0.3, 0.4) is 0 Å². The first kappa shape index (κ1) is 22.1. The molecule has 6 rings (SSSR count). The summed E-state index contributed by atoms with van der Waals surface area (Å²) in [5.41, 5.74) is 6.90. The van der Waals surface area contributed by atoms with E-state index in [1.54, 1.807) is 0 Å². The van der Waals surface area contributed by atoms with Crippen LogP contribution in [-0.2, 0) is 19.5 Å². The van der Waals surface area contributed by atoms with Gasteiger partial charge in [0, 0.05) is 35.4 Å². The predicted octanol–water partition coefficient (Wildman–Crippen LogP) is 6.36. The van der Waals surface area contributed by atoms with Gasteiger partial charge in [-0.1, -0.05) is 55.5 Å². The Morgan fingerprint density at radius 3 is 2.60 bits per heavy atom. The van der Waals surface area contributed by atoms with Gasteiger partial charge in [-0.25, -0.2) is 4.79 Å². The molecule has 1 atom stereocenters. The van der Waals surface area contributed by atoms with Crippen molar-refractivity contribution in [1.82, 2.24) is 14.4 Å². The number of rotatable bonds is 3. The molecule has 4 aromatic rings. The number of urea groups is 1. The molecule has 0 radical (unpaired) electrons. The second-order valence-electron chi connectivity index (χ2n) is 9.40. The number of carbonyl (C=O) groups excluding carboxylic acids is 1. The number of anilines is 1. The van der Waals surface area contributed by atoms with Crippen LogP contribution < -0.4 is 5.32 Å². The van der Waals surface area contributed by atoms with Crippen molar-refractivity contribution in [3.63, 3.8) is 0 Å². The zero-order valence-electron chi connectivity index (χ0n) is 20.2. The Hall–Kier alpha value is -3.35. The molecule has 0 bridgehead atoms. The molecule has 2 aromatic heterocycles. The minimum atomic E-state index is -0.179. The fourth-order valence-corrected chi connectivity index (χ4v) is 6.84. The van der Waals surface area contributed by atoms with Crippen molar-refractivity contribution < 1.29 is 4.79 Å². The normalized spacial score (nSPS) is 17.3. The maximum Gasteiger partial charge on any atom is 0.322 e. The number of fused-ring (bicyclic) bond motifs is 5. The summed E-state index contributed by atoms with van der Waals surface area (Å²) >= 11 is 1.90. The molecule has 0 spiro atoms.